The predicted octanol–water partition coefficient (Wildman–Crippen LogP) is 7.91. The van der Waals surface area contributed by atoms with Gasteiger partial charge < -0.3 is 9.47 Å². The molecule has 0 bridgehead atoms. The van der Waals surface area contributed by atoms with E-state index in [9.17, 15) is 22.0 Å². The molecule has 0 saturated heterocycles. The van der Waals surface area contributed by atoms with Crippen molar-refractivity contribution in [1.29, 1.82) is 0 Å². The molecular formula is C25H23F5O2. The van der Waals surface area contributed by atoms with Gasteiger partial charge in [0.1, 0.15) is 5.75 Å². The third-order valence-electron chi connectivity index (χ3n) is 4.90. The van der Waals surface area contributed by atoms with Crippen LogP contribution in [-0.2, 0) is 12.5 Å². The minimum absolute atomic E-state index is 0.00694. The molecule has 0 spiro atoms. The van der Waals surface area contributed by atoms with Gasteiger partial charge in [-0.25, -0.2) is 13.2 Å². The lowest BCUT2D eigenvalue weighted by Crippen LogP contribution is -2.21. The van der Waals surface area contributed by atoms with Crippen molar-refractivity contribution in [2.45, 2.75) is 39.2 Å². The Labute approximate surface area is 183 Å². The lowest BCUT2D eigenvalue weighted by molar-refractivity contribution is -0.185. The van der Waals surface area contributed by atoms with Crippen LogP contribution in [-0.4, -0.2) is 6.61 Å². The summed E-state index contributed by atoms with van der Waals surface area (Å²) in [7, 11) is 0. The summed E-state index contributed by atoms with van der Waals surface area (Å²) in [6, 6.07) is 13.6. The van der Waals surface area contributed by atoms with Crippen LogP contribution in [0.1, 0.15) is 43.4 Å². The van der Waals surface area contributed by atoms with E-state index in [4.69, 9.17) is 9.47 Å². The van der Waals surface area contributed by atoms with E-state index < -0.39 is 29.5 Å². The molecule has 0 aliphatic heterocycles. The minimum Gasteiger partial charge on any atom is -0.491 e. The number of hydrogen-bond donors (Lipinski definition) is 0. The van der Waals surface area contributed by atoms with E-state index in [0.717, 1.165) is 30.5 Å². The normalized spacial score (nSPS) is 11.6. The summed E-state index contributed by atoms with van der Waals surface area (Å²) >= 11 is 0. The average Bonchev–Trinajstić information content (AvgIpc) is 2.76. The van der Waals surface area contributed by atoms with Crippen LogP contribution < -0.4 is 9.47 Å². The molecule has 3 aromatic rings. The molecule has 0 aromatic heterocycles. The molecule has 170 valence electrons. The second-order valence-electron chi connectivity index (χ2n) is 7.16. The van der Waals surface area contributed by atoms with E-state index >= 15 is 0 Å². The van der Waals surface area contributed by atoms with Crippen LogP contribution in [0.25, 0.3) is 11.1 Å². The molecule has 3 rings (SSSR count). The van der Waals surface area contributed by atoms with Crippen molar-refractivity contribution < 1.29 is 31.4 Å². The van der Waals surface area contributed by atoms with Gasteiger partial charge in [-0.15, -0.1) is 0 Å². The minimum atomic E-state index is -3.64. The fourth-order valence-corrected chi connectivity index (χ4v) is 3.37. The standard InChI is InChI=1S/C25H23F5O2/c1-3-5-16-6-12-19(13-7-16)32-25(29,30)18-10-8-17(9-11-18)20-14-15-21(31-4-2)23(26)22(20)24(27)28/h6-15,24H,3-5H2,1-2H3. The SMILES string of the molecule is CCCc1ccc(OC(F)(F)c2ccc(-c3ccc(OCC)c(F)c3C(F)F)cc2)cc1. The van der Waals surface area contributed by atoms with Crippen LogP contribution in [0.5, 0.6) is 11.5 Å². The molecule has 0 fully saturated rings. The lowest BCUT2D eigenvalue weighted by atomic mass is 9.97. The highest BCUT2D eigenvalue weighted by molar-refractivity contribution is 5.69. The fraction of sp³-hybridized carbons (Fsp3) is 0.280. The zero-order valence-electron chi connectivity index (χ0n) is 17.7. The van der Waals surface area contributed by atoms with Crippen molar-refractivity contribution >= 4 is 0 Å². The van der Waals surface area contributed by atoms with E-state index in [2.05, 4.69) is 0 Å². The summed E-state index contributed by atoms with van der Waals surface area (Å²) in [5, 5.41) is 0. The molecule has 0 aliphatic carbocycles. The summed E-state index contributed by atoms with van der Waals surface area (Å²) in [4.78, 5) is 0. The molecular weight excluding hydrogens is 427 g/mol. The zero-order chi connectivity index (χ0) is 23.3. The first kappa shape index (κ1) is 23.6. The highest BCUT2D eigenvalue weighted by Crippen LogP contribution is 2.38. The van der Waals surface area contributed by atoms with Gasteiger partial charge in [0, 0.05) is 0 Å². The maximum Gasteiger partial charge on any atom is 0.426 e. The van der Waals surface area contributed by atoms with Gasteiger partial charge in [0.05, 0.1) is 17.7 Å². The summed E-state index contributed by atoms with van der Waals surface area (Å²) in [5.74, 6) is -1.44. The highest BCUT2D eigenvalue weighted by Gasteiger charge is 2.34. The molecule has 0 heterocycles. The summed E-state index contributed by atoms with van der Waals surface area (Å²) in [6.07, 6.45) is -4.97. The number of benzene rings is 3. The zero-order valence-corrected chi connectivity index (χ0v) is 17.7. The predicted molar refractivity (Wildman–Crippen MR) is 113 cm³/mol. The van der Waals surface area contributed by atoms with Crippen molar-refractivity contribution in [2.75, 3.05) is 6.61 Å². The molecule has 0 atom stereocenters. The summed E-state index contributed by atoms with van der Waals surface area (Å²) in [6.45, 7) is 3.74. The van der Waals surface area contributed by atoms with Gasteiger partial charge in [0.2, 0.25) is 0 Å². The van der Waals surface area contributed by atoms with Gasteiger partial charge in [-0.05, 0) is 66.4 Å². The monoisotopic (exact) mass is 450 g/mol. The van der Waals surface area contributed by atoms with Gasteiger partial charge in [-0.2, -0.15) is 8.78 Å². The van der Waals surface area contributed by atoms with Crippen molar-refractivity contribution in [3.63, 3.8) is 0 Å². The van der Waals surface area contributed by atoms with Gasteiger partial charge in [-0.3, -0.25) is 0 Å². The Morgan fingerprint density at radius 3 is 2.09 bits per heavy atom. The molecule has 0 aliphatic rings. The van der Waals surface area contributed by atoms with Gasteiger partial charge in [0.25, 0.3) is 6.43 Å². The summed E-state index contributed by atoms with van der Waals surface area (Å²) in [5.41, 5.74) is -0.193. The Morgan fingerprint density at radius 2 is 1.53 bits per heavy atom. The van der Waals surface area contributed by atoms with E-state index in [-0.39, 0.29) is 29.2 Å². The number of aryl methyl sites for hydroxylation is 1. The van der Waals surface area contributed by atoms with E-state index in [1.54, 1.807) is 19.1 Å². The third-order valence-corrected chi connectivity index (χ3v) is 4.90. The van der Waals surface area contributed by atoms with E-state index in [1.807, 2.05) is 6.92 Å². The Kier molecular flexibility index (Phi) is 7.38. The molecule has 0 amide bonds. The van der Waals surface area contributed by atoms with Crippen molar-refractivity contribution in [3.05, 3.63) is 83.2 Å². The Balaban J connectivity index is 1.86. The molecule has 0 unspecified atom stereocenters. The van der Waals surface area contributed by atoms with Crippen LogP contribution in [0.3, 0.4) is 0 Å². The quantitative estimate of drug-likeness (QED) is 0.308. The molecule has 0 saturated carbocycles. The van der Waals surface area contributed by atoms with Crippen LogP contribution in [0.15, 0.2) is 60.7 Å². The Morgan fingerprint density at radius 1 is 0.875 bits per heavy atom. The molecule has 2 nitrogen and oxygen atoms in total. The number of hydrogen-bond acceptors (Lipinski definition) is 2. The summed E-state index contributed by atoms with van der Waals surface area (Å²) < 4.78 is 80.7. The number of alkyl halides is 4. The Bertz CT molecular complexity index is 1030. The van der Waals surface area contributed by atoms with Gasteiger partial charge in [-0.1, -0.05) is 37.6 Å². The van der Waals surface area contributed by atoms with Crippen LogP contribution in [0, 0.1) is 5.82 Å². The van der Waals surface area contributed by atoms with Crippen molar-refractivity contribution in [2.24, 2.45) is 0 Å². The smallest absolute Gasteiger partial charge is 0.426 e. The molecule has 0 radical (unpaired) electrons. The number of halogens is 5. The first-order valence-electron chi connectivity index (χ1n) is 10.3. The van der Waals surface area contributed by atoms with Crippen LogP contribution >= 0.6 is 0 Å². The third kappa shape index (κ3) is 5.21. The first-order chi connectivity index (χ1) is 15.3. The highest BCUT2D eigenvalue weighted by atomic mass is 19.3. The first-order valence-corrected chi connectivity index (χ1v) is 10.3. The maximum atomic E-state index is 14.6. The largest absolute Gasteiger partial charge is 0.491 e. The molecule has 3 aromatic carbocycles. The number of rotatable bonds is 9. The number of ether oxygens (including phenoxy) is 2. The second-order valence-corrected chi connectivity index (χ2v) is 7.16. The van der Waals surface area contributed by atoms with Crippen LogP contribution in [0.2, 0.25) is 0 Å². The molecule has 0 N–H and O–H groups in total. The van der Waals surface area contributed by atoms with Gasteiger partial charge in [0.15, 0.2) is 11.6 Å². The van der Waals surface area contributed by atoms with Crippen molar-refractivity contribution in [3.8, 4) is 22.6 Å². The van der Waals surface area contributed by atoms with E-state index in [0.29, 0.717) is 0 Å². The lowest BCUT2D eigenvalue weighted by Gasteiger charge is -2.19. The molecule has 7 heteroatoms. The fourth-order valence-electron chi connectivity index (χ4n) is 3.37. The second kappa shape index (κ2) is 10.0. The average molecular weight is 450 g/mol. The maximum absolute atomic E-state index is 14.6. The van der Waals surface area contributed by atoms with Gasteiger partial charge >= 0.3 is 6.11 Å². The topological polar surface area (TPSA) is 18.5 Å². The van der Waals surface area contributed by atoms with Crippen molar-refractivity contribution in [1.82, 2.24) is 0 Å². The molecule has 32 heavy (non-hydrogen) atoms. The van der Waals surface area contributed by atoms with Crippen LogP contribution in [0.4, 0.5) is 22.0 Å². The van der Waals surface area contributed by atoms with E-state index in [1.165, 1.54) is 36.4 Å². The Hall–Kier alpha value is -3.09.